The van der Waals surface area contributed by atoms with Crippen LogP contribution in [0.3, 0.4) is 0 Å². The minimum Gasteiger partial charge on any atom is -0.455 e. The fraction of sp³-hybridized carbons (Fsp3) is 0.0755. The zero-order chi connectivity index (χ0) is 37.8. The van der Waals surface area contributed by atoms with Gasteiger partial charge in [0.25, 0.3) is 0 Å². The summed E-state index contributed by atoms with van der Waals surface area (Å²) >= 11 is 0. The molecule has 57 heavy (non-hydrogen) atoms. The van der Waals surface area contributed by atoms with Gasteiger partial charge in [0.15, 0.2) is 5.82 Å². The van der Waals surface area contributed by atoms with Crippen molar-refractivity contribution in [2.24, 2.45) is 0 Å². The Hall–Kier alpha value is -7.35. The standard InChI is InChI=1S/C53H33N3O/c1-30-9-8-16-41-37(30)23-24-47-50(41)51-40-15-7-4-12-35(40)26-44(52(51)57-47)46-28-45(55-53(56-46)33-19-17-31(29-54)18-20-33)42-25-34-11-3-6-14-39(34)49-43(42)27-36-22-21-32-10-2-5-13-38(32)48(36)49/h2-3,5-11,13-26,28H,4,12,27H2,1H3. The molecule has 10 aromatic rings. The number of fused-ring (bicyclic) bond motifs is 14. The van der Waals surface area contributed by atoms with E-state index in [0.29, 0.717) is 11.4 Å². The van der Waals surface area contributed by atoms with E-state index in [1.54, 1.807) is 0 Å². The Balaban J connectivity index is 1.17. The van der Waals surface area contributed by atoms with Crippen LogP contribution in [0.2, 0.25) is 0 Å². The molecule has 0 N–H and O–H groups in total. The third-order valence-electron chi connectivity index (χ3n) is 12.3. The molecule has 0 bridgehead atoms. The van der Waals surface area contributed by atoms with Crippen molar-refractivity contribution in [2.75, 3.05) is 0 Å². The lowest BCUT2D eigenvalue weighted by Crippen LogP contribution is -2.00. The van der Waals surface area contributed by atoms with Gasteiger partial charge in [-0.05, 0) is 146 Å². The molecule has 0 saturated heterocycles. The number of rotatable bonds is 3. The predicted octanol–water partition coefficient (Wildman–Crippen LogP) is 13.5. The fourth-order valence-corrected chi connectivity index (χ4v) is 9.65. The van der Waals surface area contributed by atoms with Gasteiger partial charge in [0.05, 0.1) is 23.0 Å². The molecule has 8 aromatic carbocycles. The molecule has 0 saturated carbocycles. The van der Waals surface area contributed by atoms with Crippen molar-refractivity contribution in [3.8, 4) is 51.1 Å². The Morgan fingerprint density at radius 3 is 2.25 bits per heavy atom. The molecular formula is C53H33N3O. The number of hydrogen-bond acceptors (Lipinski definition) is 4. The number of aromatic nitrogens is 2. The second-order valence-corrected chi connectivity index (χ2v) is 15.5. The second kappa shape index (κ2) is 12.1. The molecule has 4 heteroatoms. The molecule has 4 nitrogen and oxygen atoms in total. The van der Waals surface area contributed by atoms with Gasteiger partial charge in [-0.3, -0.25) is 0 Å². The van der Waals surface area contributed by atoms with E-state index in [2.05, 4.69) is 134 Å². The van der Waals surface area contributed by atoms with Gasteiger partial charge in [0.2, 0.25) is 0 Å². The van der Waals surface area contributed by atoms with Crippen molar-refractivity contribution in [1.29, 1.82) is 5.26 Å². The second-order valence-electron chi connectivity index (χ2n) is 15.5. The number of allylic oxidation sites excluding steroid dienone is 1. The lowest BCUT2D eigenvalue weighted by Gasteiger charge is -2.17. The molecule has 2 heterocycles. The van der Waals surface area contributed by atoms with Crippen LogP contribution < -0.4 is 0 Å². The van der Waals surface area contributed by atoms with Gasteiger partial charge in [-0.15, -0.1) is 0 Å². The number of hydrogen-bond donors (Lipinski definition) is 0. The van der Waals surface area contributed by atoms with Crippen molar-refractivity contribution in [2.45, 2.75) is 26.2 Å². The summed E-state index contributed by atoms with van der Waals surface area (Å²) in [5, 5.41) is 19.3. The van der Waals surface area contributed by atoms with Crippen LogP contribution in [0, 0.1) is 18.3 Å². The lowest BCUT2D eigenvalue weighted by atomic mass is 9.88. The summed E-state index contributed by atoms with van der Waals surface area (Å²) in [5.41, 5.74) is 15.9. The van der Waals surface area contributed by atoms with E-state index < -0.39 is 0 Å². The summed E-state index contributed by atoms with van der Waals surface area (Å²) in [6.07, 6.45) is 7.30. The van der Waals surface area contributed by atoms with Gasteiger partial charge in [-0.25, -0.2) is 9.97 Å². The van der Waals surface area contributed by atoms with Crippen molar-refractivity contribution in [3.63, 3.8) is 0 Å². The first-order valence-corrected chi connectivity index (χ1v) is 19.6. The molecule has 0 atom stereocenters. The third-order valence-corrected chi connectivity index (χ3v) is 12.3. The Labute approximate surface area is 329 Å². The molecule has 2 aromatic heterocycles. The van der Waals surface area contributed by atoms with E-state index in [4.69, 9.17) is 14.4 Å². The number of nitrogens with zero attached hydrogens (tertiary/aromatic N) is 3. The maximum absolute atomic E-state index is 9.64. The largest absolute Gasteiger partial charge is 0.455 e. The van der Waals surface area contributed by atoms with Crippen LogP contribution in [0.4, 0.5) is 0 Å². The SMILES string of the molecule is Cc1cccc2c1ccc1oc3c(-c4cc(-c5cc6ccccc6c6c5Cc5ccc7ccccc7c5-6)nc(-c5ccc(C#N)cc5)n4)cc4c(c3c12)C=CCC4. The first-order valence-electron chi connectivity index (χ1n) is 19.6. The van der Waals surface area contributed by atoms with Crippen LogP contribution in [0.25, 0.3) is 105 Å². The summed E-state index contributed by atoms with van der Waals surface area (Å²) in [5.74, 6) is 0.609. The summed E-state index contributed by atoms with van der Waals surface area (Å²) in [4.78, 5) is 10.8. The average molecular weight is 728 g/mol. The van der Waals surface area contributed by atoms with Crippen molar-refractivity contribution >= 4 is 60.3 Å². The highest BCUT2D eigenvalue weighted by Crippen LogP contribution is 2.50. The summed E-state index contributed by atoms with van der Waals surface area (Å²) in [6.45, 7) is 2.18. The maximum atomic E-state index is 9.64. The van der Waals surface area contributed by atoms with Crippen molar-refractivity contribution < 1.29 is 4.42 Å². The van der Waals surface area contributed by atoms with E-state index in [0.717, 1.165) is 69.3 Å². The minimum atomic E-state index is 0.599. The lowest BCUT2D eigenvalue weighted by molar-refractivity contribution is 0.670. The number of aryl methyl sites for hydroxylation is 2. The summed E-state index contributed by atoms with van der Waals surface area (Å²) in [6, 6.07) is 49.5. The van der Waals surface area contributed by atoms with Crippen molar-refractivity contribution in [3.05, 3.63) is 173 Å². The van der Waals surface area contributed by atoms with Crippen LogP contribution in [-0.4, -0.2) is 9.97 Å². The highest BCUT2D eigenvalue weighted by atomic mass is 16.3. The molecule has 0 fully saturated rings. The molecule has 2 aliphatic rings. The first-order chi connectivity index (χ1) is 28.1. The third kappa shape index (κ3) is 4.73. The first kappa shape index (κ1) is 31.9. The van der Waals surface area contributed by atoms with Gasteiger partial charge in [-0.1, -0.05) is 97.1 Å². The number of benzene rings is 8. The van der Waals surface area contributed by atoms with E-state index in [1.807, 2.05) is 24.3 Å². The molecule has 2 aliphatic carbocycles. The summed E-state index contributed by atoms with van der Waals surface area (Å²) in [7, 11) is 0. The molecule has 0 aliphatic heterocycles. The Morgan fingerprint density at radius 1 is 0.632 bits per heavy atom. The Bertz CT molecular complexity index is 3450. The smallest absolute Gasteiger partial charge is 0.160 e. The topological polar surface area (TPSA) is 62.7 Å². The summed E-state index contributed by atoms with van der Waals surface area (Å²) < 4.78 is 6.96. The molecular weight excluding hydrogens is 695 g/mol. The van der Waals surface area contributed by atoms with Gasteiger partial charge >= 0.3 is 0 Å². The van der Waals surface area contributed by atoms with E-state index in [9.17, 15) is 5.26 Å². The molecule has 12 rings (SSSR count). The van der Waals surface area contributed by atoms with E-state index >= 15 is 0 Å². The zero-order valence-corrected chi connectivity index (χ0v) is 31.2. The van der Waals surface area contributed by atoms with E-state index in [1.165, 1.54) is 71.3 Å². The highest BCUT2D eigenvalue weighted by Gasteiger charge is 2.28. The molecule has 0 amide bonds. The zero-order valence-electron chi connectivity index (χ0n) is 31.2. The van der Waals surface area contributed by atoms with Crippen LogP contribution in [0.1, 0.15) is 39.8 Å². The van der Waals surface area contributed by atoms with Gasteiger partial charge < -0.3 is 4.42 Å². The van der Waals surface area contributed by atoms with Crippen LogP contribution >= 0.6 is 0 Å². The molecule has 0 radical (unpaired) electrons. The molecule has 266 valence electrons. The average Bonchev–Trinajstić information content (AvgIpc) is 3.87. The van der Waals surface area contributed by atoms with Gasteiger partial charge in [-0.2, -0.15) is 5.26 Å². The van der Waals surface area contributed by atoms with Crippen LogP contribution in [0.15, 0.2) is 144 Å². The fourth-order valence-electron chi connectivity index (χ4n) is 9.65. The number of furan rings is 1. The van der Waals surface area contributed by atoms with Gasteiger partial charge in [0, 0.05) is 27.5 Å². The number of nitriles is 1. The molecule has 0 unspecified atom stereocenters. The predicted molar refractivity (Wildman–Crippen MR) is 233 cm³/mol. The quantitative estimate of drug-likeness (QED) is 0.182. The molecule has 0 spiro atoms. The van der Waals surface area contributed by atoms with Crippen LogP contribution in [-0.2, 0) is 12.8 Å². The van der Waals surface area contributed by atoms with Crippen LogP contribution in [0.5, 0.6) is 0 Å². The normalized spacial score (nSPS) is 13.1. The minimum absolute atomic E-state index is 0.599. The Kier molecular flexibility index (Phi) is 6.77. The highest BCUT2D eigenvalue weighted by molar-refractivity contribution is 6.23. The van der Waals surface area contributed by atoms with Gasteiger partial charge in [0.1, 0.15) is 11.2 Å². The maximum Gasteiger partial charge on any atom is 0.160 e. The van der Waals surface area contributed by atoms with E-state index in [-0.39, 0.29) is 0 Å². The Morgan fingerprint density at radius 2 is 1.40 bits per heavy atom. The van der Waals surface area contributed by atoms with Crippen molar-refractivity contribution in [1.82, 2.24) is 9.97 Å². The monoisotopic (exact) mass is 727 g/mol.